The number of aryl methyl sites for hydroxylation is 2. The number of ether oxygens (including phenoxy) is 3. The van der Waals surface area contributed by atoms with Crippen LogP contribution in [0.3, 0.4) is 0 Å². The van der Waals surface area contributed by atoms with Gasteiger partial charge in [-0.15, -0.1) is 5.10 Å². The second-order valence-corrected chi connectivity index (χ2v) is 7.76. The Kier molecular flexibility index (Phi) is 5.17. The average Bonchev–Trinajstić information content (AvgIpc) is 3.37. The molecular weight excluding hydrogens is 426 g/mol. The van der Waals surface area contributed by atoms with Gasteiger partial charge in [-0.1, -0.05) is 12.1 Å². The molecule has 0 fully saturated rings. The Labute approximate surface area is 188 Å². The second kappa shape index (κ2) is 8.30. The molecule has 33 heavy (non-hydrogen) atoms. The molecule has 0 spiro atoms. The Hall–Kier alpha value is -4.34. The molecule has 0 bridgehead atoms. The Bertz CT molecular complexity index is 1400. The normalized spacial score (nSPS) is 12.2. The first-order valence-corrected chi connectivity index (χ1v) is 10.3. The molecule has 3 heterocycles. The maximum absolute atomic E-state index is 12.7. The topological polar surface area (TPSA) is 109 Å². The van der Waals surface area contributed by atoms with Gasteiger partial charge >= 0.3 is 5.69 Å². The van der Waals surface area contributed by atoms with Crippen LogP contribution in [0.5, 0.6) is 23.1 Å². The van der Waals surface area contributed by atoms with Crippen molar-refractivity contribution < 1.29 is 19.0 Å². The zero-order chi connectivity index (χ0) is 22.9. The summed E-state index contributed by atoms with van der Waals surface area (Å²) in [4.78, 5) is 29.4. The van der Waals surface area contributed by atoms with Crippen molar-refractivity contribution in [1.29, 1.82) is 0 Å². The van der Waals surface area contributed by atoms with Crippen LogP contribution in [0.15, 0.2) is 53.6 Å². The number of carbonyl (C=O) groups excluding carboxylic acids is 1. The fraction of sp³-hybridized carbons (Fsp3) is 0.217. The number of hydrogen-bond donors (Lipinski definition) is 1. The van der Waals surface area contributed by atoms with Crippen LogP contribution < -0.4 is 25.2 Å². The zero-order valence-electron chi connectivity index (χ0n) is 18.1. The second-order valence-electron chi connectivity index (χ2n) is 7.76. The monoisotopic (exact) mass is 447 g/mol. The van der Waals surface area contributed by atoms with E-state index in [1.54, 1.807) is 6.07 Å². The van der Waals surface area contributed by atoms with Crippen LogP contribution in [0.4, 0.5) is 0 Å². The van der Waals surface area contributed by atoms with Crippen molar-refractivity contribution in [1.82, 2.24) is 24.5 Å². The molecular formula is C23H21N5O5. The van der Waals surface area contributed by atoms with E-state index < -0.39 is 5.69 Å². The SMILES string of the molecule is Cc1cc(C)cc(Oc2nccn3c(=O)n(CC(=O)NCc4ccc5c(c4)OCO5)nc23)c1. The molecule has 2 aromatic heterocycles. The first-order valence-electron chi connectivity index (χ1n) is 10.3. The molecule has 0 atom stereocenters. The third kappa shape index (κ3) is 4.22. The van der Waals surface area contributed by atoms with Crippen LogP contribution >= 0.6 is 0 Å². The van der Waals surface area contributed by atoms with Crippen molar-refractivity contribution in [2.45, 2.75) is 26.9 Å². The summed E-state index contributed by atoms with van der Waals surface area (Å²) in [6.07, 6.45) is 2.94. The molecule has 5 rings (SSSR count). The minimum absolute atomic E-state index is 0.180. The number of nitrogens with one attached hydrogen (secondary N) is 1. The van der Waals surface area contributed by atoms with Crippen LogP contribution in [0.25, 0.3) is 5.65 Å². The van der Waals surface area contributed by atoms with E-state index in [0.717, 1.165) is 21.4 Å². The number of nitrogens with zero attached hydrogens (tertiary/aromatic N) is 4. The molecule has 0 aliphatic carbocycles. The number of rotatable bonds is 6. The summed E-state index contributed by atoms with van der Waals surface area (Å²) >= 11 is 0. The van der Waals surface area contributed by atoms with Gasteiger partial charge in [-0.3, -0.25) is 4.79 Å². The van der Waals surface area contributed by atoms with E-state index in [9.17, 15) is 9.59 Å². The number of fused-ring (bicyclic) bond motifs is 2. The maximum Gasteiger partial charge on any atom is 0.351 e. The number of benzene rings is 2. The molecule has 1 amide bonds. The van der Waals surface area contributed by atoms with E-state index >= 15 is 0 Å². The smallest absolute Gasteiger partial charge is 0.351 e. The van der Waals surface area contributed by atoms with Crippen LogP contribution in [-0.4, -0.2) is 31.9 Å². The van der Waals surface area contributed by atoms with E-state index in [0.29, 0.717) is 17.2 Å². The van der Waals surface area contributed by atoms with Gasteiger partial charge in [-0.25, -0.2) is 18.9 Å². The quantitative estimate of drug-likeness (QED) is 0.483. The molecule has 0 radical (unpaired) electrons. The van der Waals surface area contributed by atoms with Crippen molar-refractivity contribution in [2.24, 2.45) is 0 Å². The van der Waals surface area contributed by atoms with E-state index in [1.165, 1.54) is 16.8 Å². The van der Waals surface area contributed by atoms with Crippen LogP contribution in [0.1, 0.15) is 16.7 Å². The van der Waals surface area contributed by atoms with Gasteiger partial charge in [0, 0.05) is 18.9 Å². The van der Waals surface area contributed by atoms with Gasteiger partial charge in [0.25, 0.3) is 5.88 Å². The Morgan fingerprint density at radius 2 is 1.91 bits per heavy atom. The van der Waals surface area contributed by atoms with Gasteiger partial charge in [0.1, 0.15) is 12.3 Å². The van der Waals surface area contributed by atoms with E-state index in [1.807, 2.05) is 44.2 Å². The first-order chi connectivity index (χ1) is 16.0. The Balaban J connectivity index is 1.32. The molecule has 168 valence electrons. The van der Waals surface area contributed by atoms with Gasteiger partial charge in [0.2, 0.25) is 18.3 Å². The van der Waals surface area contributed by atoms with Gasteiger partial charge < -0.3 is 19.5 Å². The maximum atomic E-state index is 12.7. The standard InChI is InChI=1S/C23H21N5O5/c1-14-7-15(2)9-17(8-14)33-22-21-26-28(23(30)27(21)6-5-24-22)12-20(29)25-11-16-3-4-18-19(10-16)32-13-31-18/h3-10H,11-13H2,1-2H3,(H,25,29). The minimum Gasteiger partial charge on any atom is -0.454 e. The highest BCUT2D eigenvalue weighted by atomic mass is 16.7. The van der Waals surface area contributed by atoms with Crippen LogP contribution in [0.2, 0.25) is 0 Å². The van der Waals surface area contributed by atoms with Crippen molar-refractivity contribution in [3.05, 3.63) is 76.0 Å². The molecule has 0 saturated heterocycles. The van der Waals surface area contributed by atoms with E-state index in [2.05, 4.69) is 15.4 Å². The fourth-order valence-electron chi connectivity index (χ4n) is 3.65. The highest BCUT2D eigenvalue weighted by Crippen LogP contribution is 2.32. The summed E-state index contributed by atoms with van der Waals surface area (Å²) in [5.41, 5.74) is 2.70. The van der Waals surface area contributed by atoms with Crippen molar-refractivity contribution in [3.63, 3.8) is 0 Å². The Morgan fingerprint density at radius 3 is 2.73 bits per heavy atom. The van der Waals surface area contributed by atoms with Crippen LogP contribution in [-0.2, 0) is 17.9 Å². The predicted molar refractivity (Wildman–Crippen MR) is 118 cm³/mol. The van der Waals surface area contributed by atoms with Crippen molar-refractivity contribution in [3.8, 4) is 23.1 Å². The van der Waals surface area contributed by atoms with Crippen LogP contribution in [0, 0.1) is 13.8 Å². The molecule has 4 aromatic rings. The molecule has 10 heteroatoms. The lowest BCUT2D eigenvalue weighted by Gasteiger charge is -2.07. The Morgan fingerprint density at radius 1 is 1.12 bits per heavy atom. The van der Waals surface area contributed by atoms with E-state index in [-0.39, 0.29) is 37.3 Å². The zero-order valence-corrected chi connectivity index (χ0v) is 18.1. The first kappa shape index (κ1) is 20.6. The van der Waals surface area contributed by atoms with Gasteiger partial charge in [-0.2, -0.15) is 0 Å². The van der Waals surface area contributed by atoms with Gasteiger partial charge in [0.05, 0.1) is 0 Å². The lowest BCUT2D eigenvalue weighted by molar-refractivity contribution is -0.122. The molecule has 1 N–H and O–H groups in total. The third-order valence-corrected chi connectivity index (χ3v) is 5.10. The highest BCUT2D eigenvalue weighted by Gasteiger charge is 2.17. The van der Waals surface area contributed by atoms with Crippen molar-refractivity contribution >= 4 is 11.6 Å². The third-order valence-electron chi connectivity index (χ3n) is 5.10. The number of carbonyl (C=O) groups is 1. The number of amides is 1. The summed E-state index contributed by atoms with van der Waals surface area (Å²) < 4.78 is 18.9. The molecule has 0 unspecified atom stereocenters. The average molecular weight is 447 g/mol. The minimum atomic E-state index is -0.462. The fourth-order valence-corrected chi connectivity index (χ4v) is 3.65. The summed E-state index contributed by atoms with van der Waals surface area (Å²) in [7, 11) is 0. The van der Waals surface area contributed by atoms with Crippen molar-refractivity contribution in [2.75, 3.05) is 6.79 Å². The van der Waals surface area contributed by atoms with E-state index in [4.69, 9.17) is 14.2 Å². The summed E-state index contributed by atoms with van der Waals surface area (Å²) in [6.45, 7) is 4.16. The number of aromatic nitrogens is 4. The summed E-state index contributed by atoms with van der Waals surface area (Å²) in [5.74, 6) is 1.73. The summed E-state index contributed by atoms with van der Waals surface area (Å²) in [6, 6.07) is 11.2. The molecule has 2 aromatic carbocycles. The summed E-state index contributed by atoms with van der Waals surface area (Å²) in [5, 5.41) is 7.06. The largest absolute Gasteiger partial charge is 0.454 e. The highest BCUT2D eigenvalue weighted by molar-refractivity contribution is 5.75. The molecule has 10 nitrogen and oxygen atoms in total. The predicted octanol–water partition coefficient (Wildman–Crippen LogP) is 2.35. The molecule has 0 saturated carbocycles. The molecule has 1 aliphatic rings. The lowest BCUT2D eigenvalue weighted by Crippen LogP contribution is -2.32. The lowest BCUT2D eigenvalue weighted by atomic mass is 10.1. The van der Waals surface area contributed by atoms with Gasteiger partial charge in [-0.05, 0) is 54.8 Å². The number of hydrogen-bond acceptors (Lipinski definition) is 7. The van der Waals surface area contributed by atoms with Gasteiger partial charge in [0.15, 0.2) is 11.5 Å². The molecule has 1 aliphatic heterocycles.